The molecule has 0 bridgehead atoms. The SMILES string of the molecule is COc1cccc(CNC(=O)c2cnc(C3CCN(C(=O)C4CCCCC4)C3)nc2C)c1. The van der Waals surface area contributed by atoms with Crippen molar-refractivity contribution in [1.82, 2.24) is 20.2 Å². The molecule has 2 aliphatic rings. The average Bonchev–Trinajstić information content (AvgIpc) is 3.33. The number of carbonyl (C=O) groups excluding carboxylic acids is 2. The Hall–Kier alpha value is -2.96. The van der Waals surface area contributed by atoms with E-state index in [1.807, 2.05) is 36.1 Å². The maximum absolute atomic E-state index is 12.8. The lowest BCUT2D eigenvalue weighted by molar-refractivity contribution is -0.135. The first-order valence-electron chi connectivity index (χ1n) is 11.6. The molecule has 7 nitrogen and oxygen atoms in total. The highest BCUT2D eigenvalue weighted by Gasteiger charge is 2.33. The molecular formula is C25H32N4O3. The molecule has 1 aromatic heterocycles. The maximum Gasteiger partial charge on any atom is 0.254 e. The number of carbonyl (C=O) groups is 2. The van der Waals surface area contributed by atoms with Crippen LogP contribution in [0.5, 0.6) is 5.75 Å². The van der Waals surface area contributed by atoms with Crippen LogP contribution < -0.4 is 10.1 Å². The lowest BCUT2D eigenvalue weighted by Gasteiger charge is -2.26. The van der Waals surface area contributed by atoms with Crippen molar-refractivity contribution in [2.24, 2.45) is 5.92 Å². The Morgan fingerprint density at radius 3 is 2.75 bits per heavy atom. The number of ether oxygens (including phenoxy) is 1. The van der Waals surface area contributed by atoms with Gasteiger partial charge in [0.2, 0.25) is 5.91 Å². The van der Waals surface area contributed by atoms with Crippen LogP contribution in [0.2, 0.25) is 0 Å². The van der Waals surface area contributed by atoms with Crippen molar-refractivity contribution in [2.75, 3.05) is 20.2 Å². The highest BCUT2D eigenvalue weighted by atomic mass is 16.5. The summed E-state index contributed by atoms with van der Waals surface area (Å²) in [5.74, 6) is 1.92. The van der Waals surface area contributed by atoms with Gasteiger partial charge in [-0.2, -0.15) is 0 Å². The number of amides is 2. The van der Waals surface area contributed by atoms with Crippen LogP contribution in [0.15, 0.2) is 30.5 Å². The number of benzene rings is 1. The molecule has 1 aliphatic heterocycles. The van der Waals surface area contributed by atoms with Crippen LogP contribution in [0.4, 0.5) is 0 Å². The fraction of sp³-hybridized carbons (Fsp3) is 0.520. The summed E-state index contributed by atoms with van der Waals surface area (Å²) in [5.41, 5.74) is 2.10. The molecule has 2 fully saturated rings. The second-order valence-electron chi connectivity index (χ2n) is 8.87. The van der Waals surface area contributed by atoms with Gasteiger partial charge in [0.15, 0.2) is 0 Å². The molecule has 1 atom stereocenters. The Morgan fingerprint density at radius 1 is 1.19 bits per heavy atom. The van der Waals surface area contributed by atoms with Gasteiger partial charge in [-0.25, -0.2) is 9.97 Å². The first kappa shape index (κ1) is 22.2. The predicted octanol–water partition coefficient (Wildman–Crippen LogP) is 3.62. The van der Waals surface area contributed by atoms with Crippen LogP contribution in [-0.2, 0) is 11.3 Å². The molecule has 32 heavy (non-hydrogen) atoms. The van der Waals surface area contributed by atoms with Gasteiger partial charge in [0.05, 0.1) is 18.4 Å². The number of hydrogen-bond donors (Lipinski definition) is 1. The van der Waals surface area contributed by atoms with Crippen LogP contribution in [-0.4, -0.2) is 46.9 Å². The van der Waals surface area contributed by atoms with E-state index in [4.69, 9.17) is 4.74 Å². The molecule has 1 aromatic carbocycles. The van der Waals surface area contributed by atoms with E-state index in [2.05, 4.69) is 15.3 Å². The van der Waals surface area contributed by atoms with Crippen molar-refractivity contribution in [3.63, 3.8) is 0 Å². The third kappa shape index (κ3) is 5.09. The van der Waals surface area contributed by atoms with Gasteiger partial charge in [-0.3, -0.25) is 9.59 Å². The lowest BCUT2D eigenvalue weighted by Crippen LogP contribution is -2.35. The Labute approximate surface area is 189 Å². The Kier molecular flexibility index (Phi) is 7.02. The maximum atomic E-state index is 12.8. The molecular weight excluding hydrogens is 404 g/mol. The fourth-order valence-electron chi connectivity index (χ4n) is 4.74. The van der Waals surface area contributed by atoms with E-state index in [0.29, 0.717) is 30.3 Å². The van der Waals surface area contributed by atoms with Crippen LogP contribution in [0.3, 0.4) is 0 Å². The molecule has 1 saturated heterocycles. The van der Waals surface area contributed by atoms with Crippen molar-refractivity contribution in [2.45, 2.75) is 57.9 Å². The summed E-state index contributed by atoms with van der Waals surface area (Å²) < 4.78 is 5.23. The van der Waals surface area contributed by atoms with Crippen molar-refractivity contribution >= 4 is 11.8 Å². The van der Waals surface area contributed by atoms with Gasteiger partial charge >= 0.3 is 0 Å². The number of likely N-dealkylation sites (tertiary alicyclic amines) is 1. The van der Waals surface area contributed by atoms with Gasteiger partial charge in [-0.15, -0.1) is 0 Å². The molecule has 2 aromatic rings. The van der Waals surface area contributed by atoms with Crippen LogP contribution in [0, 0.1) is 12.8 Å². The molecule has 0 radical (unpaired) electrons. The van der Waals surface area contributed by atoms with E-state index in [1.165, 1.54) is 6.42 Å². The van der Waals surface area contributed by atoms with E-state index in [9.17, 15) is 9.59 Å². The zero-order valence-corrected chi connectivity index (χ0v) is 19.0. The van der Waals surface area contributed by atoms with Crippen molar-refractivity contribution < 1.29 is 14.3 Å². The first-order chi connectivity index (χ1) is 15.5. The van der Waals surface area contributed by atoms with E-state index in [0.717, 1.165) is 55.8 Å². The van der Waals surface area contributed by atoms with E-state index in [1.54, 1.807) is 13.3 Å². The number of nitrogens with zero attached hydrogens (tertiary/aromatic N) is 3. The smallest absolute Gasteiger partial charge is 0.254 e. The first-order valence-corrected chi connectivity index (χ1v) is 11.6. The zero-order valence-electron chi connectivity index (χ0n) is 19.0. The van der Waals surface area contributed by atoms with Gasteiger partial charge in [-0.1, -0.05) is 31.4 Å². The molecule has 1 N–H and O–H groups in total. The van der Waals surface area contributed by atoms with Crippen LogP contribution in [0.25, 0.3) is 0 Å². The largest absolute Gasteiger partial charge is 0.497 e. The molecule has 170 valence electrons. The number of aromatic nitrogens is 2. The molecule has 2 amide bonds. The topological polar surface area (TPSA) is 84.4 Å². The number of rotatable bonds is 6. The molecule has 0 spiro atoms. The average molecular weight is 437 g/mol. The van der Waals surface area contributed by atoms with Crippen LogP contribution >= 0.6 is 0 Å². The summed E-state index contributed by atoms with van der Waals surface area (Å²) in [6, 6.07) is 7.60. The summed E-state index contributed by atoms with van der Waals surface area (Å²) in [6.07, 6.45) is 8.11. The second-order valence-corrected chi connectivity index (χ2v) is 8.87. The Bertz CT molecular complexity index is 971. The fourth-order valence-corrected chi connectivity index (χ4v) is 4.74. The number of hydrogen-bond acceptors (Lipinski definition) is 5. The number of nitrogens with one attached hydrogen (secondary N) is 1. The monoisotopic (exact) mass is 436 g/mol. The van der Waals surface area contributed by atoms with E-state index >= 15 is 0 Å². The predicted molar refractivity (Wildman–Crippen MR) is 121 cm³/mol. The Morgan fingerprint density at radius 2 is 2.00 bits per heavy atom. The summed E-state index contributed by atoms with van der Waals surface area (Å²) >= 11 is 0. The Balaban J connectivity index is 1.35. The van der Waals surface area contributed by atoms with Crippen molar-refractivity contribution in [1.29, 1.82) is 0 Å². The van der Waals surface area contributed by atoms with Gasteiger partial charge in [-0.05, 0) is 43.9 Å². The molecule has 1 unspecified atom stereocenters. The minimum Gasteiger partial charge on any atom is -0.497 e. The minimum atomic E-state index is -0.197. The summed E-state index contributed by atoms with van der Waals surface area (Å²) in [5, 5.41) is 2.93. The summed E-state index contributed by atoms with van der Waals surface area (Å²) in [7, 11) is 1.62. The summed E-state index contributed by atoms with van der Waals surface area (Å²) in [4.78, 5) is 36.6. The standard InChI is InChI=1S/C25H32N4O3/c1-17-22(24(30)27-14-18-7-6-10-21(13-18)32-2)15-26-23(28-17)20-11-12-29(16-20)25(31)19-8-4-3-5-9-19/h6-7,10,13,15,19-20H,3-5,8-9,11-12,14,16H2,1-2H3,(H,27,30). The van der Waals surface area contributed by atoms with E-state index < -0.39 is 0 Å². The van der Waals surface area contributed by atoms with Crippen molar-refractivity contribution in [3.8, 4) is 5.75 Å². The molecule has 1 aliphatic carbocycles. The quantitative estimate of drug-likeness (QED) is 0.748. The van der Waals surface area contributed by atoms with Gasteiger partial charge < -0.3 is 15.0 Å². The second kappa shape index (κ2) is 10.1. The van der Waals surface area contributed by atoms with E-state index in [-0.39, 0.29) is 17.7 Å². The van der Waals surface area contributed by atoms with Gasteiger partial charge in [0.25, 0.3) is 5.91 Å². The third-order valence-electron chi connectivity index (χ3n) is 6.65. The van der Waals surface area contributed by atoms with Crippen molar-refractivity contribution in [3.05, 3.63) is 53.1 Å². The highest BCUT2D eigenvalue weighted by Crippen LogP contribution is 2.30. The minimum absolute atomic E-state index is 0.134. The zero-order chi connectivity index (χ0) is 22.5. The molecule has 7 heteroatoms. The van der Waals surface area contributed by atoms with Gasteiger partial charge in [0, 0.05) is 37.7 Å². The molecule has 2 heterocycles. The third-order valence-corrected chi connectivity index (χ3v) is 6.65. The molecule has 1 saturated carbocycles. The van der Waals surface area contributed by atoms with Gasteiger partial charge in [0.1, 0.15) is 11.6 Å². The number of aryl methyl sites for hydroxylation is 1. The summed E-state index contributed by atoms with van der Waals surface area (Å²) in [6.45, 7) is 3.69. The normalized spacial score (nSPS) is 19.1. The lowest BCUT2D eigenvalue weighted by atomic mass is 9.88. The molecule has 4 rings (SSSR count). The highest BCUT2D eigenvalue weighted by molar-refractivity contribution is 5.94. The number of methoxy groups -OCH3 is 1. The van der Waals surface area contributed by atoms with Crippen LogP contribution in [0.1, 0.15) is 71.9 Å².